The van der Waals surface area contributed by atoms with E-state index < -0.39 is 4.25 Å². The molecule has 0 aromatic carbocycles. The second-order valence-corrected chi connectivity index (χ2v) is 19.5. The van der Waals surface area contributed by atoms with Crippen LogP contribution in [0.15, 0.2) is 0 Å². The van der Waals surface area contributed by atoms with Crippen LogP contribution in [0.5, 0.6) is 0 Å². The van der Waals surface area contributed by atoms with Crippen molar-refractivity contribution in [3.63, 3.8) is 0 Å². The van der Waals surface area contributed by atoms with Gasteiger partial charge in [-0.05, 0) is 0 Å². The molecule has 0 rings (SSSR count). The van der Waals surface area contributed by atoms with Crippen LogP contribution >= 0.6 is 26.3 Å². The summed E-state index contributed by atoms with van der Waals surface area (Å²) >= 11 is 2.30. The first kappa shape index (κ1) is 18.1. The quantitative estimate of drug-likeness (QED) is 0.294. The fourth-order valence-electron chi connectivity index (χ4n) is 0.765. The van der Waals surface area contributed by atoms with Gasteiger partial charge >= 0.3 is 94.2 Å². The van der Waals surface area contributed by atoms with Crippen molar-refractivity contribution in [3.8, 4) is 0 Å². The van der Waals surface area contributed by atoms with Gasteiger partial charge in [-0.3, -0.25) is 0 Å². The smallest absolute Gasteiger partial charge is 1.00 e. The Hall–Kier alpha value is 1.77. The summed E-state index contributed by atoms with van der Waals surface area (Å²) in [4.78, 5) is 0. The van der Waals surface area contributed by atoms with Gasteiger partial charge in [-0.25, -0.2) is 0 Å². The van der Waals surface area contributed by atoms with Gasteiger partial charge in [0.25, 0.3) is 0 Å². The largest absolute Gasteiger partial charge is 1.00 e. The second kappa shape index (κ2) is 5.91. The number of aliphatic hydroxyl groups excluding tert-OH is 2. The Balaban J connectivity index is 0. The maximum absolute atomic E-state index is 9.32. The number of hydrogen-bond acceptors (Lipinski definition) is 2. The average Bonchev–Trinajstić information content (AvgIpc) is 2.02. The molecule has 0 aromatic rings. The number of hydrogen-bond donors (Lipinski definition) is 2. The van der Waals surface area contributed by atoms with E-state index in [4.69, 9.17) is 0 Å². The van der Waals surface area contributed by atoms with Gasteiger partial charge in [0.05, 0.1) is 0 Å². The fraction of sp³-hybridized carbons (Fsp3) is 1.00. The third-order valence-electron chi connectivity index (χ3n) is 2.18. The molecule has 0 amide bonds. The van der Waals surface area contributed by atoms with Gasteiger partial charge in [-0.1, -0.05) is 0 Å². The fourth-order valence-corrected chi connectivity index (χ4v) is 2.94. The van der Waals surface area contributed by atoms with E-state index in [1.165, 1.54) is 0 Å². The van der Waals surface area contributed by atoms with Crippen LogP contribution in [0.4, 0.5) is 0 Å². The minimum atomic E-state index is -2.21. The summed E-state index contributed by atoms with van der Waals surface area (Å²) in [5, 5.41) is 18.6. The summed E-state index contributed by atoms with van der Waals surface area (Å²) in [6.07, 6.45) is 1.22. The van der Waals surface area contributed by atoms with E-state index in [-0.39, 0.29) is 36.7 Å². The molecule has 0 unspecified atom stereocenters. The molecule has 0 bridgehead atoms. The minimum absolute atomic E-state index is 0. The Bertz CT molecular complexity index is 175. The van der Waals surface area contributed by atoms with Crippen molar-refractivity contribution >= 4 is 26.3 Å². The topological polar surface area (TPSA) is 40.5 Å². The van der Waals surface area contributed by atoms with E-state index in [1.54, 1.807) is 0 Å². The first-order valence-corrected chi connectivity index (χ1v) is 10.4. The van der Waals surface area contributed by atoms with Crippen LogP contribution in [0, 0.1) is 0 Å². The molecule has 0 atom stereocenters. The Morgan fingerprint density at radius 2 is 1.50 bits per heavy atom. The summed E-state index contributed by atoms with van der Waals surface area (Å²) in [5.41, 5.74) is 0. The molecule has 2 N–H and O–H groups in total. The zero-order valence-electron chi connectivity index (χ0n) is 9.37. The van der Waals surface area contributed by atoms with Crippen LogP contribution in [0.2, 0.25) is 0 Å². The first-order valence-electron chi connectivity index (χ1n) is 4.36. The van der Waals surface area contributed by atoms with Crippen molar-refractivity contribution < 1.29 is 38.7 Å². The predicted molar refractivity (Wildman–Crippen MR) is 68.8 cm³/mol. The van der Waals surface area contributed by atoms with Crippen LogP contribution < -0.4 is 24.0 Å². The number of rotatable bonds is 5. The summed E-state index contributed by atoms with van der Waals surface area (Å²) in [7, 11) is 6.38. The molecule has 0 spiro atoms. The van der Waals surface area contributed by atoms with Gasteiger partial charge < -0.3 is 24.0 Å². The molecular formula is C8H22I2NO2P. The van der Waals surface area contributed by atoms with Crippen LogP contribution in [-0.2, 0) is 0 Å². The molecule has 0 fully saturated rings. The molecular weight excluding hydrogens is 427 g/mol. The van der Waals surface area contributed by atoms with E-state index in [0.717, 1.165) is 17.2 Å². The van der Waals surface area contributed by atoms with Gasteiger partial charge in [-0.2, -0.15) is 0 Å². The average molecular weight is 449 g/mol. The van der Waals surface area contributed by atoms with E-state index in [9.17, 15) is 10.2 Å². The molecule has 14 heavy (non-hydrogen) atoms. The number of halogens is 2. The number of aliphatic hydroxyl groups is 2. The van der Waals surface area contributed by atoms with Gasteiger partial charge in [0.15, 0.2) is 0 Å². The van der Waals surface area contributed by atoms with Crippen LogP contribution in [0.1, 0.15) is 0 Å². The summed E-state index contributed by atoms with van der Waals surface area (Å²) in [6, 6.07) is 0. The second-order valence-electron chi connectivity index (χ2n) is 5.17. The van der Waals surface area contributed by atoms with Crippen molar-refractivity contribution in [1.29, 1.82) is 0 Å². The summed E-state index contributed by atoms with van der Waals surface area (Å²) in [6.45, 7) is 3.04. The molecule has 3 nitrogen and oxygen atoms in total. The number of quaternary nitrogens is 1. The van der Waals surface area contributed by atoms with Crippen LogP contribution in [0.25, 0.3) is 0 Å². The van der Waals surface area contributed by atoms with E-state index >= 15 is 0 Å². The zero-order chi connectivity index (χ0) is 10.8. The van der Waals surface area contributed by atoms with E-state index in [2.05, 4.69) is 43.2 Å². The first-order chi connectivity index (χ1) is 5.61. The monoisotopic (exact) mass is 449 g/mol. The molecule has 0 aliphatic carbocycles. The Labute approximate surface area is 117 Å². The minimum Gasteiger partial charge on any atom is -1.00 e. The van der Waals surface area contributed by atoms with Gasteiger partial charge in [0, 0.05) is 0 Å². The Morgan fingerprint density at radius 1 is 1.14 bits per heavy atom. The normalized spacial score (nSPS) is 15.5. The third-order valence-corrected chi connectivity index (χ3v) is 8.49. The molecule has 0 aliphatic heterocycles. The Morgan fingerprint density at radius 3 is 1.71 bits per heavy atom. The summed E-state index contributed by atoms with van der Waals surface area (Å²) in [5.74, 6) is 0. The summed E-state index contributed by atoms with van der Waals surface area (Å²) < 4.78 is -1.32. The maximum atomic E-state index is 9.32. The Kier molecular flexibility index (Phi) is 7.66. The zero-order valence-corrected chi connectivity index (χ0v) is 14.6. The molecule has 0 aromatic heterocycles. The SMILES string of the molecule is C[N+](C)(C)CCP(C)(I)(CO)CO.[I-]. The predicted octanol–water partition coefficient (Wildman–Crippen LogP) is -1.87. The molecule has 0 aliphatic rings. The van der Waals surface area contributed by atoms with Crippen molar-refractivity contribution in [1.82, 2.24) is 0 Å². The number of nitrogens with zero attached hydrogens (tertiary/aromatic N) is 1. The van der Waals surface area contributed by atoms with E-state index in [0.29, 0.717) is 0 Å². The van der Waals surface area contributed by atoms with Gasteiger partial charge in [-0.15, -0.1) is 0 Å². The third kappa shape index (κ3) is 7.11. The van der Waals surface area contributed by atoms with Crippen molar-refractivity contribution in [2.75, 3.05) is 53.2 Å². The van der Waals surface area contributed by atoms with Crippen LogP contribution in [-0.4, -0.2) is 67.9 Å². The van der Waals surface area contributed by atoms with Crippen LogP contribution in [0.3, 0.4) is 0 Å². The van der Waals surface area contributed by atoms with Crippen molar-refractivity contribution in [2.45, 2.75) is 0 Å². The standard InChI is InChI=1S/C8H22INO2P.HI/c1-10(2,3)5-6-13(4,9,7-11)8-12;/h11-12H,5-8H2,1-4H3;1H/q+1;/p-1. The van der Waals surface area contributed by atoms with Gasteiger partial charge in [0.2, 0.25) is 0 Å². The van der Waals surface area contributed by atoms with Crippen molar-refractivity contribution in [2.24, 2.45) is 0 Å². The van der Waals surface area contributed by atoms with Crippen molar-refractivity contribution in [3.05, 3.63) is 0 Å². The maximum Gasteiger partial charge on any atom is -1.00 e. The molecule has 0 saturated carbocycles. The molecule has 0 heterocycles. The molecule has 0 radical (unpaired) electrons. The van der Waals surface area contributed by atoms with Gasteiger partial charge in [0.1, 0.15) is 0 Å². The molecule has 6 heteroatoms. The molecule has 90 valence electrons. The molecule has 0 saturated heterocycles. The van der Waals surface area contributed by atoms with E-state index in [1.807, 2.05) is 6.66 Å².